The molecule has 0 unspecified atom stereocenters. The van der Waals surface area contributed by atoms with Crippen LogP contribution in [0.1, 0.15) is 44.2 Å². The zero-order valence-corrected chi connectivity index (χ0v) is 25.8. The first-order chi connectivity index (χ1) is 22.1. The van der Waals surface area contributed by atoms with Gasteiger partial charge in [0.1, 0.15) is 23.9 Å². The maximum absolute atomic E-state index is 13.6. The minimum Gasteiger partial charge on any atom is -0.449 e. The maximum Gasteiger partial charge on any atom is 0.411 e. The van der Waals surface area contributed by atoms with Crippen molar-refractivity contribution < 1.29 is 23.9 Å². The normalized spacial score (nSPS) is 17.2. The number of H-pyrrole nitrogens is 1. The summed E-state index contributed by atoms with van der Waals surface area (Å²) >= 11 is 0. The van der Waals surface area contributed by atoms with Crippen LogP contribution in [0.25, 0.3) is 22.3 Å². The fourth-order valence-electron chi connectivity index (χ4n) is 6.02. The highest BCUT2D eigenvalue weighted by molar-refractivity contribution is 5.97. The van der Waals surface area contributed by atoms with Gasteiger partial charge < -0.3 is 25.1 Å². The highest BCUT2D eigenvalue weighted by atomic mass is 16.6. The van der Waals surface area contributed by atoms with Crippen LogP contribution >= 0.6 is 0 Å². The standard InChI is InChI=1S/C35H35N5O6/c1-35(2,3)46-34(44)40-19-23(17-30(40)32(42)39-29-16-22(18-37-31(29)41)21-12-14-36-15-13-21)38-33(43)45-20-28-26-10-6-4-8-24(26)25-9-5-7-11-27(25)28/h4-16,18,23,28,30H,17,19-20H2,1-3H3,(H,37,41)(H,38,43)(H,39,42)/t23-,30+/m1/s1. The van der Waals surface area contributed by atoms with E-state index in [-0.39, 0.29) is 31.2 Å². The molecule has 1 aliphatic carbocycles. The summed E-state index contributed by atoms with van der Waals surface area (Å²) in [7, 11) is 0. The van der Waals surface area contributed by atoms with E-state index >= 15 is 0 Å². The molecule has 236 valence electrons. The number of ether oxygens (including phenoxy) is 2. The van der Waals surface area contributed by atoms with Gasteiger partial charge in [0, 0.05) is 36.6 Å². The Morgan fingerprint density at radius 3 is 2.26 bits per heavy atom. The number of nitrogens with one attached hydrogen (secondary N) is 3. The molecule has 0 saturated carbocycles. The van der Waals surface area contributed by atoms with Gasteiger partial charge in [-0.1, -0.05) is 48.5 Å². The molecular weight excluding hydrogens is 586 g/mol. The van der Waals surface area contributed by atoms with E-state index in [0.717, 1.165) is 27.8 Å². The van der Waals surface area contributed by atoms with Crippen LogP contribution in [0.3, 0.4) is 0 Å². The number of carbonyl (C=O) groups is 3. The second kappa shape index (κ2) is 12.5. The third-order valence-electron chi connectivity index (χ3n) is 8.07. The average molecular weight is 622 g/mol. The summed E-state index contributed by atoms with van der Waals surface area (Å²) in [6, 6.07) is 19.6. The van der Waals surface area contributed by atoms with E-state index in [0.29, 0.717) is 5.56 Å². The van der Waals surface area contributed by atoms with Crippen LogP contribution in [0.2, 0.25) is 0 Å². The van der Waals surface area contributed by atoms with Gasteiger partial charge in [-0.25, -0.2) is 9.59 Å². The van der Waals surface area contributed by atoms with Gasteiger partial charge in [0.25, 0.3) is 5.56 Å². The van der Waals surface area contributed by atoms with Crippen molar-refractivity contribution in [1.82, 2.24) is 20.2 Å². The molecule has 2 aromatic heterocycles. The lowest BCUT2D eigenvalue weighted by Gasteiger charge is -2.27. The minimum absolute atomic E-state index is 0.0185. The highest BCUT2D eigenvalue weighted by Crippen LogP contribution is 2.44. The molecule has 3 amide bonds. The average Bonchev–Trinajstić information content (AvgIpc) is 3.60. The Bertz CT molecular complexity index is 1790. The second-order valence-corrected chi connectivity index (χ2v) is 12.4. The number of alkyl carbamates (subject to hydrolysis) is 1. The van der Waals surface area contributed by atoms with Gasteiger partial charge in [-0.2, -0.15) is 0 Å². The number of benzene rings is 2. The molecule has 0 spiro atoms. The van der Waals surface area contributed by atoms with Crippen LogP contribution in [-0.4, -0.2) is 63.8 Å². The number of aromatic amines is 1. The number of carbonyl (C=O) groups excluding carboxylic acids is 3. The van der Waals surface area contributed by atoms with E-state index in [1.807, 2.05) is 36.4 Å². The molecule has 1 aliphatic heterocycles. The summed E-state index contributed by atoms with van der Waals surface area (Å²) in [5.41, 5.74) is 4.60. The molecule has 11 heteroatoms. The number of pyridine rings is 2. The zero-order valence-electron chi connectivity index (χ0n) is 25.8. The van der Waals surface area contributed by atoms with E-state index in [1.165, 1.54) is 4.90 Å². The smallest absolute Gasteiger partial charge is 0.411 e. The molecule has 3 N–H and O–H groups in total. The van der Waals surface area contributed by atoms with Crippen molar-refractivity contribution in [2.75, 3.05) is 18.5 Å². The largest absolute Gasteiger partial charge is 0.449 e. The number of rotatable bonds is 6. The topological polar surface area (TPSA) is 143 Å². The summed E-state index contributed by atoms with van der Waals surface area (Å²) in [6.07, 6.45) is 3.53. The summed E-state index contributed by atoms with van der Waals surface area (Å²) in [4.78, 5) is 60.4. The van der Waals surface area contributed by atoms with Crippen molar-refractivity contribution in [2.24, 2.45) is 0 Å². The Labute approximate surface area is 266 Å². The third-order valence-corrected chi connectivity index (χ3v) is 8.07. The Kier molecular flexibility index (Phi) is 8.31. The monoisotopic (exact) mass is 621 g/mol. The SMILES string of the molecule is CC(C)(C)OC(=O)N1C[C@H](NC(=O)OCC2c3ccccc3-c3ccccc32)C[C@H]1C(=O)Nc1cc(-c2ccncc2)c[nH]c1=O. The van der Waals surface area contributed by atoms with Crippen molar-refractivity contribution >= 4 is 23.8 Å². The lowest BCUT2D eigenvalue weighted by molar-refractivity contribution is -0.120. The summed E-state index contributed by atoms with van der Waals surface area (Å²) < 4.78 is 11.3. The lowest BCUT2D eigenvalue weighted by atomic mass is 9.98. The number of hydrogen-bond acceptors (Lipinski definition) is 7. The van der Waals surface area contributed by atoms with Crippen molar-refractivity contribution in [3.8, 4) is 22.3 Å². The first-order valence-electron chi connectivity index (χ1n) is 15.1. The van der Waals surface area contributed by atoms with E-state index in [2.05, 4.69) is 32.7 Å². The second-order valence-electron chi connectivity index (χ2n) is 12.4. The van der Waals surface area contributed by atoms with E-state index in [4.69, 9.17) is 9.47 Å². The van der Waals surface area contributed by atoms with Crippen LogP contribution in [0.15, 0.2) is 90.1 Å². The molecule has 0 bridgehead atoms. The minimum atomic E-state index is -1.02. The number of likely N-dealkylation sites (tertiary alicyclic amines) is 1. The van der Waals surface area contributed by atoms with E-state index < -0.39 is 41.3 Å². The summed E-state index contributed by atoms with van der Waals surface area (Å²) in [6.45, 7) is 5.33. The number of nitrogens with zero attached hydrogens (tertiary/aromatic N) is 2. The number of fused-ring (bicyclic) bond motifs is 3. The van der Waals surface area contributed by atoms with Crippen molar-refractivity contribution in [2.45, 2.75) is 50.8 Å². The Morgan fingerprint density at radius 1 is 0.957 bits per heavy atom. The van der Waals surface area contributed by atoms with E-state index in [9.17, 15) is 19.2 Å². The van der Waals surface area contributed by atoms with Gasteiger partial charge in [0.15, 0.2) is 0 Å². The van der Waals surface area contributed by atoms with Crippen LogP contribution in [0.4, 0.5) is 15.3 Å². The molecule has 1 saturated heterocycles. The number of amides is 3. The number of anilines is 1. The van der Waals surface area contributed by atoms with Crippen LogP contribution in [0.5, 0.6) is 0 Å². The van der Waals surface area contributed by atoms with Gasteiger partial charge in [0.05, 0.1) is 6.04 Å². The quantitative estimate of drug-likeness (QED) is 0.265. The van der Waals surface area contributed by atoms with Gasteiger partial charge in [-0.3, -0.25) is 19.5 Å². The molecular formula is C35H35N5O6. The predicted octanol–water partition coefficient (Wildman–Crippen LogP) is 5.29. The summed E-state index contributed by atoms with van der Waals surface area (Å²) in [5, 5.41) is 5.50. The molecule has 46 heavy (non-hydrogen) atoms. The molecule has 0 radical (unpaired) electrons. The first kappa shape index (κ1) is 30.6. The van der Waals surface area contributed by atoms with E-state index in [1.54, 1.807) is 57.6 Å². The van der Waals surface area contributed by atoms with Crippen molar-refractivity contribution in [3.05, 3.63) is 107 Å². The fraction of sp³-hybridized carbons (Fsp3) is 0.286. The summed E-state index contributed by atoms with van der Waals surface area (Å²) in [5.74, 6) is -0.695. The van der Waals surface area contributed by atoms with Crippen molar-refractivity contribution in [1.29, 1.82) is 0 Å². The van der Waals surface area contributed by atoms with Gasteiger partial charge in [-0.15, -0.1) is 0 Å². The third kappa shape index (κ3) is 6.49. The van der Waals surface area contributed by atoms with Crippen LogP contribution in [-0.2, 0) is 14.3 Å². The molecule has 6 rings (SSSR count). The molecule has 1 fully saturated rings. The lowest BCUT2D eigenvalue weighted by Crippen LogP contribution is -2.46. The zero-order chi connectivity index (χ0) is 32.4. The fourth-order valence-corrected chi connectivity index (χ4v) is 6.02. The van der Waals surface area contributed by atoms with Crippen LogP contribution < -0.4 is 16.2 Å². The maximum atomic E-state index is 13.6. The first-order valence-corrected chi connectivity index (χ1v) is 15.1. The Hall–Kier alpha value is -5.45. The number of hydrogen-bond donors (Lipinski definition) is 3. The van der Waals surface area contributed by atoms with Gasteiger partial charge >= 0.3 is 12.2 Å². The van der Waals surface area contributed by atoms with Gasteiger partial charge in [-0.05, 0) is 73.2 Å². The molecule has 2 aliphatic rings. The molecule has 2 aromatic carbocycles. The molecule has 2 atom stereocenters. The molecule has 4 aromatic rings. The highest BCUT2D eigenvalue weighted by Gasteiger charge is 2.42. The number of aromatic nitrogens is 2. The Balaban J connectivity index is 1.15. The van der Waals surface area contributed by atoms with Crippen molar-refractivity contribution in [3.63, 3.8) is 0 Å². The molecule has 11 nitrogen and oxygen atoms in total. The Morgan fingerprint density at radius 2 is 1.61 bits per heavy atom. The van der Waals surface area contributed by atoms with Crippen LogP contribution in [0, 0.1) is 0 Å². The molecule has 3 heterocycles. The predicted molar refractivity (Wildman–Crippen MR) is 172 cm³/mol. The van der Waals surface area contributed by atoms with Gasteiger partial charge in [0.2, 0.25) is 5.91 Å².